The number of halogens is 2. The summed E-state index contributed by atoms with van der Waals surface area (Å²) in [6.07, 6.45) is 0. The van der Waals surface area contributed by atoms with Gasteiger partial charge < -0.3 is 28.4 Å². The molecule has 4 aromatic carbocycles. The zero-order valence-electron chi connectivity index (χ0n) is 16.6. The Morgan fingerprint density at radius 3 is 1.00 bits per heavy atom. The second-order valence-corrected chi connectivity index (χ2v) is 6.72. The summed E-state index contributed by atoms with van der Waals surface area (Å²) in [6.45, 7) is 0. The van der Waals surface area contributed by atoms with E-state index in [0.717, 1.165) is 11.1 Å². The molecule has 5 nitrogen and oxygen atoms in total. The van der Waals surface area contributed by atoms with Crippen LogP contribution in [-0.2, 0) is 0 Å². The van der Waals surface area contributed by atoms with Gasteiger partial charge in [-0.25, -0.2) is 8.78 Å². The van der Waals surface area contributed by atoms with Crippen LogP contribution in [0.25, 0.3) is 22.3 Å². The zero-order valence-corrected chi connectivity index (χ0v) is 16.6. The van der Waals surface area contributed by atoms with Crippen molar-refractivity contribution in [3.63, 3.8) is 0 Å². The first-order chi connectivity index (χ1) is 14.3. The Hall–Kier alpha value is -4.10. The third-order valence-corrected chi connectivity index (χ3v) is 4.43. The number of nitrogen functional groups attached to an aromatic ring is 4. The fourth-order valence-electron chi connectivity index (χ4n) is 2.86. The molecule has 4 aromatic rings. The quantitative estimate of drug-likeness (QED) is 0.354. The van der Waals surface area contributed by atoms with Gasteiger partial charge in [0.25, 0.3) is 0 Å². The van der Waals surface area contributed by atoms with Crippen molar-refractivity contribution in [1.29, 1.82) is 0 Å². The van der Waals surface area contributed by atoms with Crippen LogP contribution >= 0.6 is 0 Å². The van der Waals surface area contributed by atoms with Gasteiger partial charge in [-0.15, -0.1) is 0 Å². The molecular weight excluding hydrogens is 398 g/mol. The molecule has 160 valence electrons. The number of rotatable bonds is 2. The molecule has 0 saturated heterocycles. The number of hydrogen-bond donors (Lipinski definition) is 4. The van der Waals surface area contributed by atoms with E-state index in [-0.39, 0.29) is 17.1 Å². The number of anilines is 4. The van der Waals surface area contributed by atoms with E-state index in [2.05, 4.69) is 0 Å². The van der Waals surface area contributed by atoms with Crippen LogP contribution in [0.1, 0.15) is 0 Å². The van der Waals surface area contributed by atoms with Gasteiger partial charge >= 0.3 is 0 Å². The first kappa shape index (κ1) is 23.2. The molecule has 0 spiro atoms. The summed E-state index contributed by atoms with van der Waals surface area (Å²) in [4.78, 5) is 0. The van der Waals surface area contributed by atoms with E-state index >= 15 is 0 Å². The number of hydrogen-bond acceptors (Lipinski definition) is 4. The highest BCUT2D eigenvalue weighted by Gasteiger charge is 2.05. The summed E-state index contributed by atoms with van der Waals surface area (Å²) in [5, 5.41) is 0. The second kappa shape index (κ2) is 10.1. The van der Waals surface area contributed by atoms with Gasteiger partial charge in [-0.05, 0) is 71.8 Å². The largest absolute Gasteiger partial charge is 0.412 e. The number of nitrogens with two attached hydrogens (primary N) is 4. The second-order valence-electron chi connectivity index (χ2n) is 6.72. The van der Waals surface area contributed by atoms with Crippen LogP contribution in [0.3, 0.4) is 0 Å². The maximum atomic E-state index is 13.5. The third-order valence-electron chi connectivity index (χ3n) is 4.43. The lowest BCUT2D eigenvalue weighted by molar-refractivity contribution is 0.631. The Bertz CT molecular complexity index is 1050. The smallest absolute Gasteiger partial charge is 0.133 e. The standard InChI is InChI=1S/2C12H11FN2.H2O/c2*13-12-7-10(15)5-6-11(12)8-1-3-9(14)4-2-8;/h2*1-7H,14-15H2;1H2. The SMILES string of the molecule is Nc1ccc(-c2ccc(N)cc2F)cc1.Nc1ccc(-c2ccc(N)cc2F)cc1.O. The third kappa shape index (κ3) is 5.94. The molecule has 31 heavy (non-hydrogen) atoms. The van der Waals surface area contributed by atoms with Crippen LogP contribution in [0.2, 0.25) is 0 Å². The van der Waals surface area contributed by atoms with E-state index in [4.69, 9.17) is 22.9 Å². The summed E-state index contributed by atoms with van der Waals surface area (Å²) in [5.74, 6) is -0.639. The Kier molecular flexibility index (Phi) is 7.54. The molecule has 0 aromatic heterocycles. The van der Waals surface area contributed by atoms with Crippen LogP contribution < -0.4 is 22.9 Å². The van der Waals surface area contributed by atoms with Crippen LogP contribution in [0.5, 0.6) is 0 Å². The average Bonchev–Trinajstić information content (AvgIpc) is 2.70. The van der Waals surface area contributed by atoms with Crippen molar-refractivity contribution in [2.24, 2.45) is 0 Å². The topological polar surface area (TPSA) is 136 Å². The van der Waals surface area contributed by atoms with Gasteiger partial charge in [-0.2, -0.15) is 0 Å². The molecule has 0 bridgehead atoms. The number of benzene rings is 4. The van der Waals surface area contributed by atoms with Gasteiger partial charge in [-0.1, -0.05) is 24.3 Å². The van der Waals surface area contributed by atoms with E-state index < -0.39 is 0 Å². The van der Waals surface area contributed by atoms with Gasteiger partial charge in [0, 0.05) is 33.9 Å². The van der Waals surface area contributed by atoms with E-state index in [1.807, 2.05) is 0 Å². The highest BCUT2D eigenvalue weighted by molar-refractivity contribution is 5.69. The predicted molar refractivity (Wildman–Crippen MR) is 125 cm³/mol. The molecule has 0 unspecified atom stereocenters. The zero-order chi connectivity index (χ0) is 21.7. The Morgan fingerprint density at radius 2 is 0.710 bits per heavy atom. The summed E-state index contributed by atoms with van der Waals surface area (Å²) in [6, 6.07) is 23.4. The summed E-state index contributed by atoms with van der Waals surface area (Å²) >= 11 is 0. The van der Waals surface area contributed by atoms with Crippen LogP contribution in [0, 0.1) is 11.6 Å². The van der Waals surface area contributed by atoms with E-state index in [9.17, 15) is 8.78 Å². The molecule has 0 radical (unpaired) electrons. The Labute approximate surface area is 179 Å². The first-order valence-electron chi connectivity index (χ1n) is 9.15. The molecule has 0 amide bonds. The highest BCUT2D eigenvalue weighted by Crippen LogP contribution is 2.26. The van der Waals surface area contributed by atoms with Crippen molar-refractivity contribution < 1.29 is 14.3 Å². The molecule has 4 rings (SSSR count). The summed E-state index contributed by atoms with van der Waals surface area (Å²) < 4.78 is 27.1. The monoisotopic (exact) mass is 422 g/mol. The first-order valence-corrected chi connectivity index (χ1v) is 9.15. The molecule has 0 atom stereocenters. The minimum atomic E-state index is -0.320. The molecule has 0 aliphatic rings. The van der Waals surface area contributed by atoms with Crippen LogP contribution in [-0.4, -0.2) is 5.48 Å². The van der Waals surface area contributed by atoms with Gasteiger partial charge in [-0.3, -0.25) is 0 Å². The normalized spacial score (nSPS) is 9.87. The maximum absolute atomic E-state index is 13.5. The van der Waals surface area contributed by atoms with Crippen LogP contribution in [0.15, 0.2) is 84.9 Å². The lowest BCUT2D eigenvalue weighted by atomic mass is 10.0. The molecule has 7 heteroatoms. The van der Waals surface area contributed by atoms with E-state index in [1.54, 1.807) is 72.8 Å². The molecule has 0 heterocycles. The molecule has 10 N–H and O–H groups in total. The minimum absolute atomic E-state index is 0. The summed E-state index contributed by atoms with van der Waals surface area (Å²) in [7, 11) is 0. The molecular formula is C24H24F2N4O. The fraction of sp³-hybridized carbons (Fsp3) is 0. The molecule has 0 saturated carbocycles. The Balaban J connectivity index is 0.000000213. The van der Waals surface area contributed by atoms with E-state index in [0.29, 0.717) is 33.9 Å². The Morgan fingerprint density at radius 1 is 0.419 bits per heavy atom. The van der Waals surface area contributed by atoms with Gasteiger partial charge in [0.15, 0.2) is 0 Å². The van der Waals surface area contributed by atoms with Crippen LogP contribution in [0.4, 0.5) is 31.5 Å². The van der Waals surface area contributed by atoms with E-state index in [1.165, 1.54) is 12.1 Å². The molecule has 0 fully saturated rings. The highest BCUT2D eigenvalue weighted by atomic mass is 19.1. The van der Waals surface area contributed by atoms with Crippen molar-refractivity contribution in [1.82, 2.24) is 0 Å². The summed E-state index contributed by atoms with van der Waals surface area (Å²) in [5.41, 5.74) is 26.9. The van der Waals surface area contributed by atoms with Gasteiger partial charge in [0.2, 0.25) is 0 Å². The maximum Gasteiger partial charge on any atom is 0.133 e. The minimum Gasteiger partial charge on any atom is -0.412 e. The van der Waals surface area contributed by atoms with Gasteiger partial charge in [0.05, 0.1) is 0 Å². The van der Waals surface area contributed by atoms with Crippen molar-refractivity contribution >= 4 is 22.7 Å². The lowest BCUT2D eigenvalue weighted by Crippen LogP contribution is -1.90. The average molecular weight is 422 g/mol. The fourth-order valence-corrected chi connectivity index (χ4v) is 2.86. The van der Waals surface area contributed by atoms with Crippen molar-refractivity contribution in [3.8, 4) is 22.3 Å². The lowest BCUT2D eigenvalue weighted by Gasteiger charge is -2.04. The van der Waals surface area contributed by atoms with Crippen molar-refractivity contribution in [2.75, 3.05) is 22.9 Å². The van der Waals surface area contributed by atoms with Crippen molar-refractivity contribution in [3.05, 3.63) is 96.6 Å². The van der Waals surface area contributed by atoms with Crippen molar-refractivity contribution in [2.45, 2.75) is 0 Å². The van der Waals surface area contributed by atoms with Gasteiger partial charge in [0.1, 0.15) is 11.6 Å². The predicted octanol–water partition coefficient (Wildman–Crippen LogP) is 4.49. The molecule has 0 aliphatic heterocycles. The molecule has 0 aliphatic carbocycles.